The smallest absolute Gasteiger partial charge is 0.176 e. The molecule has 3 nitrogen and oxygen atoms in total. The fraction of sp³-hybridized carbons (Fsp3) is 0.286. The summed E-state index contributed by atoms with van der Waals surface area (Å²) in [5.41, 5.74) is 2.19. The molecular weight excluding hydrogens is 214 g/mol. The maximum absolute atomic E-state index is 6.06. The maximum Gasteiger partial charge on any atom is 0.176 e. The zero-order valence-electron chi connectivity index (χ0n) is 9.94. The summed E-state index contributed by atoms with van der Waals surface area (Å²) in [6.45, 7) is 4.15. The van der Waals surface area contributed by atoms with Crippen LogP contribution in [0.5, 0.6) is 5.75 Å². The second kappa shape index (κ2) is 3.84. The molecule has 0 saturated carbocycles. The van der Waals surface area contributed by atoms with Gasteiger partial charge in [-0.25, -0.2) is 0 Å². The number of ether oxygens (including phenoxy) is 1. The van der Waals surface area contributed by atoms with Crippen molar-refractivity contribution in [2.45, 2.75) is 26.0 Å². The van der Waals surface area contributed by atoms with Crippen molar-refractivity contribution in [3.8, 4) is 5.75 Å². The number of hydrogen-bond acceptors (Lipinski definition) is 3. The topological polar surface area (TPSA) is 34.4 Å². The normalized spacial score (nSPS) is 22.5. The van der Waals surface area contributed by atoms with Gasteiger partial charge in [-0.05, 0) is 37.6 Å². The molecule has 3 heteroatoms. The zero-order valence-corrected chi connectivity index (χ0v) is 9.94. The van der Waals surface area contributed by atoms with Crippen molar-refractivity contribution in [3.63, 3.8) is 0 Å². The van der Waals surface area contributed by atoms with Crippen molar-refractivity contribution in [3.05, 3.63) is 47.9 Å². The van der Waals surface area contributed by atoms with Crippen molar-refractivity contribution in [1.82, 2.24) is 0 Å². The lowest BCUT2D eigenvalue weighted by Gasteiger charge is -2.32. The third kappa shape index (κ3) is 1.68. The molecule has 17 heavy (non-hydrogen) atoms. The first-order valence-corrected chi connectivity index (χ1v) is 5.82. The van der Waals surface area contributed by atoms with E-state index >= 15 is 0 Å². The molecule has 1 aromatic carbocycles. The highest BCUT2D eigenvalue weighted by molar-refractivity contribution is 5.62. The molecular formula is C14H15NO2. The molecule has 0 amide bonds. The van der Waals surface area contributed by atoms with E-state index in [1.807, 2.05) is 24.3 Å². The van der Waals surface area contributed by atoms with Crippen LogP contribution in [-0.4, -0.2) is 6.04 Å². The predicted octanol–water partition coefficient (Wildman–Crippen LogP) is 3.52. The van der Waals surface area contributed by atoms with Gasteiger partial charge in [0, 0.05) is 0 Å². The minimum atomic E-state index is -0.0707. The molecule has 2 atom stereocenters. The lowest BCUT2D eigenvalue weighted by atomic mass is 10.1. The van der Waals surface area contributed by atoms with E-state index in [1.165, 1.54) is 0 Å². The van der Waals surface area contributed by atoms with Crippen molar-refractivity contribution in [2.75, 3.05) is 5.32 Å². The Morgan fingerprint density at radius 1 is 1.18 bits per heavy atom. The van der Waals surface area contributed by atoms with E-state index < -0.39 is 0 Å². The summed E-state index contributed by atoms with van der Waals surface area (Å²) in [6, 6.07) is 10.2. The van der Waals surface area contributed by atoms with E-state index in [1.54, 1.807) is 6.26 Å². The van der Waals surface area contributed by atoms with Gasteiger partial charge in [0.05, 0.1) is 18.0 Å². The summed E-state index contributed by atoms with van der Waals surface area (Å²) in [6.07, 6.45) is 1.61. The molecule has 0 radical (unpaired) electrons. The largest absolute Gasteiger partial charge is 0.478 e. The maximum atomic E-state index is 6.06. The molecule has 0 spiro atoms. The molecule has 0 aliphatic carbocycles. The zero-order chi connectivity index (χ0) is 11.8. The molecule has 0 bridgehead atoms. The summed E-state index contributed by atoms with van der Waals surface area (Å²) >= 11 is 0. The summed E-state index contributed by atoms with van der Waals surface area (Å²) in [7, 11) is 0. The third-order valence-corrected chi connectivity index (χ3v) is 3.12. The standard InChI is InChI=1S/C14H15NO2/c1-9-5-3-6-11-13(9)17-14(10(2)15-11)12-7-4-8-16-12/h3-8,10,14-15H,1-2H3. The summed E-state index contributed by atoms with van der Waals surface area (Å²) in [5.74, 6) is 1.78. The van der Waals surface area contributed by atoms with Crippen LogP contribution >= 0.6 is 0 Å². The van der Waals surface area contributed by atoms with Gasteiger partial charge >= 0.3 is 0 Å². The Morgan fingerprint density at radius 3 is 2.82 bits per heavy atom. The SMILES string of the molecule is Cc1cccc2c1OC(c1ccco1)C(C)N2. The van der Waals surface area contributed by atoms with Crippen molar-refractivity contribution >= 4 is 5.69 Å². The minimum Gasteiger partial charge on any atom is -0.478 e. The number of furan rings is 1. The Morgan fingerprint density at radius 2 is 2.06 bits per heavy atom. The quantitative estimate of drug-likeness (QED) is 0.812. The number of nitrogens with one attached hydrogen (secondary N) is 1. The fourth-order valence-electron chi connectivity index (χ4n) is 2.23. The van der Waals surface area contributed by atoms with Crippen LogP contribution in [0.2, 0.25) is 0 Å². The summed E-state index contributed by atoms with van der Waals surface area (Å²) in [4.78, 5) is 0. The molecule has 1 aromatic heterocycles. The van der Waals surface area contributed by atoms with Gasteiger partial charge in [-0.3, -0.25) is 0 Å². The van der Waals surface area contributed by atoms with Crippen LogP contribution in [0.1, 0.15) is 24.4 Å². The van der Waals surface area contributed by atoms with E-state index in [2.05, 4.69) is 25.2 Å². The molecule has 1 N–H and O–H groups in total. The van der Waals surface area contributed by atoms with Crippen LogP contribution in [0.15, 0.2) is 41.0 Å². The molecule has 0 fully saturated rings. The van der Waals surface area contributed by atoms with Crippen molar-refractivity contribution in [2.24, 2.45) is 0 Å². The van der Waals surface area contributed by atoms with Crippen LogP contribution in [0.3, 0.4) is 0 Å². The molecule has 88 valence electrons. The van der Waals surface area contributed by atoms with Crippen LogP contribution in [0.4, 0.5) is 5.69 Å². The van der Waals surface area contributed by atoms with Crippen LogP contribution in [0, 0.1) is 6.92 Å². The highest BCUT2D eigenvalue weighted by Crippen LogP contribution is 2.39. The van der Waals surface area contributed by atoms with Gasteiger partial charge in [-0.2, -0.15) is 0 Å². The monoisotopic (exact) mass is 229 g/mol. The molecule has 1 aliphatic rings. The summed E-state index contributed by atoms with van der Waals surface area (Å²) in [5, 5.41) is 3.45. The number of rotatable bonds is 1. The first-order valence-electron chi connectivity index (χ1n) is 5.82. The highest BCUT2D eigenvalue weighted by Gasteiger charge is 2.30. The minimum absolute atomic E-state index is 0.0707. The Kier molecular flexibility index (Phi) is 2.32. The predicted molar refractivity (Wildman–Crippen MR) is 66.3 cm³/mol. The van der Waals surface area contributed by atoms with Gasteiger partial charge in [-0.15, -0.1) is 0 Å². The Balaban J connectivity index is 2.00. The Labute approximate surface area is 100 Å². The fourth-order valence-corrected chi connectivity index (χ4v) is 2.23. The first-order chi connectivity index (χ1) is 8.25. The third-order valence-electron chi connectivity index (χ3n) is 3.12. The van der Waals surface area contributed by atoms with Gasteiger partial charge in [0.15, 0.2) is 6.10 Å². The average molecular weight is 229 g/mol. The number of anilines is 1. The molecule has 2 heterocycles. The summed E-state index contributed by atoms with van der Waals surface area (Å²) < 4.78 is 11.5. The molecule has 0 saturated heterocycles. The van der Waals surface area contributed by atoms with Crippen LogP contribution in [0.25, 0.3) is 0 Å². The second-order valence-electron chi connectivity index (χ2n) is 4.44. The van der Waals surface area contributed by atoms with Gasteiger partial charge in [-0.1, -0.05) is 12.1 Å². The number of hydrogen-bond donors (Lipinski definition) is 1. The van der Waals surface area contributed by atoms with Gasteiger partial charge in [0.25, 0.3) is 0 Å². The second-order valence-corrected chi connectivity index (χ2v) is 4.44. The number of aryl methyl sites for hydroxylation is 1. The Hall–Kier alpha value is -1.90. The lowest BCUT2D eigenvalue weighted by molar-refractivity contribution is 0.150. The first kappa shape index (κ1) is 10.3. The van der Waals surface area contributed by atoms with Gasteiger partial charge in [0.2, 0.25) is 0 Å². The van der Waals surface area contributed by atoms with E-state index in [-0.39, 0.29) is 12.1 Å². The molecule has 2 unspecified atom stereocenters. The van der Waals surface area contributed by atoms with Gasteiger partial charge in [0.1, 0.15) is 11.5 Å². The van der Waals surface area contributed by atoms with E-state index in [0.717, 1.165) is 22.8 Å². The average Bonchev–Trinajstić information content (AvgIpc) is 2.82. The highest BCUT2D eigenvalue weighted by atomic mass is 16.5. The number of benzene rings is 1. The Bertz CT molecular complexity index is 519. The molecule has 2 aromatic rings. The molecule has 1 aliphatic heterocycles. The van der Waals surface area contributed by atoms with Crippen LogP contribution in [-0.2, 0) is 0 Å². The van der Waals surface area contributed by atoms with Crippen molar-refractivity contribution in [1.29, 1.82) is 0 Å². The van der Waals surface area contributed by atoms with Gasteiger partial charge < -0.3 is 14.5 Å². The van der Waals surface area contributed by atoms with E-state index in [0.29, 0.717) is 0 Å². The molecule has 3 rings (SSSR count). The number of fused-ring (bicyclic) bond motifs is 1. The van der Waals surface area contributed by atoms with Crippen molar-refractivity contribution < 1.29 is 9.15 Å². The van der Waals surface area contributed by atoms with E-state index in [9.17, 15) is 0 Å². The lowest BCUT2D eigenvalue weighted by Crippen LogP contribution is -2.32. The van der Waals surface area contributed by atoms with Crippen LogP contribution < -0.4 is 10.1 Å². The van der Waals surface area contributed by atoms with E-state index in [4.69, 9.17) is 9.15 Å². The number of para-hydroxylation sites is 1.